The van der Waals surface area contributed by atoms with E-state index in [2.05, 4.69) is 10.3 Å². The molecule has 3 N–H and O–H groups in total. The molecule has 1 unspecified atom stereocenters. The highest BCUT2D eigenvalue weighted by atomic mass is 32.1. The lowest BCUT2D eigenvalue weighted by Crippen LogP contribution is -2.20. The zero-order valence-corrected chi connectivity index (χ0v) is 12.7. The molecule has 1 aliphatic carbocycles. The molecule has 7 nitrogen and oxygen atoms in total. The van der Waals surface area contributed by atoms with Crippen LogP contribution in [0.1, 0.15) is 29.8 Å². The first-order chi connectivity index (χ1) is 10.1. The summed E-state index contributed by atoms with van der Waals surface area (Å²) in [4.78, 5) is 27.9. The molecular weight excluding hydrogens is 294 g/mol. The second-order valence-corrected chi connectivity index (χ2v) is 5.70. The molecule has 0 spiro atoms. The molecule has 1 aliphatic rings. The molecule has 1 amide bonds. The van der Waals surface area contributed by atoms with Crippen LogP contribution in [0.2, 0.25) is 0 Å². The van der Waals surface area contributed by atoms with Crippen molar-refractivity contribution in [2.45, 2.75) is 25.7 Å². The average molecular weight is 313 g/mol. The lowest BCUT2D eigenvalue weighted by molar-refractivity contribution is -0.145. The number of amides is 1. The predicted octanol–water partition coefficient (Wildman–Crippen LogP) is 0.650. The number of esters is 1. The third kappa shape index (κ3) is 4.15. The molecule has 0 saturated heterocycles. The third-order valence-corrected chi connectivity index (χ3v) is 4.14. The molecule has 1 aromatic heterocycles. The van der Waals surface area contributed by atoms with E-state index in [4.69, 9.17) is 15.2 Å². The third-order valence-electron chi connectivity index (χ3n) is 3.06. The Morgan fingerprint density at radius 1 is 1.52 bits per heavy atom. The summed E-state index contributed by atoms with van der Waals surface area (Å²) in [6.07, 6.45) is 1.63. The summed E-state index contributed by atoms with van der Waals surface area (Å²) in [5.74, 6) is -0.920. The van der Waals surface area contributed by atoms with Gasteiger partial charge in [0, 0.05) is 11.4 Å². The lowest BCUT2D eigenvalue weighted by atomic mass is 10.1. The van der Waals surface area contributed by atoms with Gasteiger partial charge in [-0.25, -0.2) is 4.98 Å². The van der Waals surface area contributed by atoms with Crippen LogP contribution in [0.5, 0.6) is 0 Å². The van der Waals surface area contributed by atoms with Gasteiger partial charge in [-0.2, -0.15) is 0 Å². The number of primary amides is 1. The second kappa shape index (κ2) is 7.37. The largest absolute Gasteiger partial charge is 0.465 e. The Morgan fingerprint density at radius 3 is 3.05 bits per heavy atom. The van der Waals surface area contributed by atoms with Crippen molar-refractivity contribution < 1.29 is 19.1 Å². The minimum absolute atomic E-state index is 0.0824. The van der Waals surface area contributed by atoms with Crippen LogP contribution in [-0.2, 0) is 25.5 Å². The van der Waals surface area contributed by atoms with Crippen LogP contribution >= 0.6 is 11.3 Å². The highest BCUT2D eigenvalue weighted by Gasteiger charge is 2.33. The normalized spacial score (nSPS) is 16.5. The Kier molecular flexibility index (Phi) is 5.51. The van der Waals surface area contributed by atoms with Gasteiger partial charge in [0.05, 0.1) is 18.9 Å². The number of hydrogen-bond acceptors (Lipinski definition) is 7. The van der Waals surface area contributed by atoms with Gasteiger partial charge in [-0.1, -0.05) is 0 Å². The van der Waals surface area contributed by atoms with Gasteiger partial charge in [0.25, 0.3) is 0 Å². The van der Waals surface area contributed by atoms with Crippen molar-refractivity contribution in [3.8, 4) is 0 Å². The van der Waals surface area contributed by atoms with Crippen molar-refractivity contribution in [1.29, 1.82) is 0 Å². The number of nitrogens with two attached hydrogens (primary N) is 1. The highest BCUT2D eigenvalue weighted by molar-refractivity contribution is 7.15. The molecule has 1 aromatic rings. The van der Waals surface area contributed by atoms with E-state index < -0.39 is 5.91 Å². The second-order valence-electron chi connectivity index (χ2n) is 4.62. The Bertz CT molecular complexity index is 518. The summed E-state index contributed by atoms with van der Waals surface area (Å²) in [6, 6.07) is 0. The fourth-order valence-corrected chi connectivity index (χ4v) is 3.24. The van der Waals surface area contributed by atoms with Crippen LogP contribution in [0.4, 0.5) is 5.13 Å². The lowest BCUT2D eigenvalue weighted by Gasteiger charge is -2.08. The number of anilines is 1. The SMILES string of the molecule is CCOC(=O)C1CCc2sc(NCCOCC(N)=O)nc21. The van der Waals surface area contributed by atoms with Crippen molar-refractivity contribution >= 4 is 28.3 Å². The van der Waals surface area contributed by atoms with Crippen molar-refractivity contribution in [3.05, 3.63) is 10.6 Å². The number of ether oxygens (including phenoxy) is 2. The van der Waals surface area contributed by atoms with Crippen LogP contribution < -0.4 is 11.1 Å². The molecule has 116 valence electrons. The molecule has 0 bridgehead atoms. The zero-order valence-electron chi connectivity index (χ0n) is 11.9. The van der Waals surface area contributed by atoms with Crippen molar-refractivity contribution in [3.63, 3.8) is 0 Å². The summed E-state index contributed by atoms with van der Waals surface area (Å²) >= 11 is 1.55. The fourth-order valence-electron chi connectivity index (χ4n) is 2.18. The maximum atomic E-state index is 11.8. The highest BCUT2D eigenvalue weighted by Crippen LogP contribution is 2.38. The molecule has 1 atom stereocenters. The molecule has 0 saturated carbocycles. The molecule has 21 heavy (non-hydrogen) atoms. The van der Waals surface area contributed by atoms with E-state index in [1.165, 1.54) is 0 Å². The van der Waals surface area contributed by atoms with Crippen molar-refractivity contribution in [2.24, 2.45) is 5.73 Å². The van der Waals surface area contributed by atoms with Gasteiger partial charge in [-0.3, -0.25) is 9.59 Å². The number of aryl methyl sites for hydroxylation is 1. The Morgan fingerprint density at radius 2 is 2.33 bits per heavy atom. The molecule has 0 aliphatic heterocycles. The Hall–Kier alpha value is -1.67. The van der Waals surface area contributed by atoms with E-state index >= 15 is 0 Å². The van der Waals surface area contributed by atoms with Gasteiger partial charge in [-0.05, 0) is 19.8 Å². The standard InChI is InChI=1S/C13H19N3O4S/c1-2-20-12(18)8-3-4-9-11(8)16-13(21-9)15-5-6-19-7-10(14)17/h8H,2-7H2,1H3,(H2,14,17)(H,15,16). The van der Waals surface area contributed by atoms with Crippen LogP contribution in [0.15, 0.2) is 0 Å². The summed E-state index contributed by atoms with van der Waals surface area (Å²) in [7, 11) is 0. The fraction of sp³-hybridized carbons (Fsp3) is 0.615. The monoisotopic (exact) mass is 313 g/mol. The van der Waals surface area contributed by atoms with E-state index in [1.54, 1.807) is 18.3 Å². The van der Waals surface area contributed by atoms with Gasteiger partial charge in [0.2, 0.25) is 5.91 Å². The molecule has 0 fully saturated rings. The topological polar surface area (TPSA) is 104 Å². The molecule has 8 heteroatoms. The molecule has 0 aromatic carbocycles. The maximum Gasteiger partial charge on any atom is 0.315 e. The predicted molar refractivity (Wildman–Crippen MR) is 78.3 cm³/mol. The van der Waals surface area contributed by atoms with Crippen LogP contribution in [0.3, 0.4) is 0 Å². The van der Waals surface area contributed by atoms with Crippen molar-refractivity contribution in [1.82, 2.24) is 4.98 Å². The number of thiazole rings is 1. The number of carbonyl (C=O) groups is 2. The van der Waals surface area contributed by atoms with E-state index in [9.17, 15) is 9.59 Å². The van der Waals surface area contributed by atoms with Crippen LogP contribution in [0.25, 0.3) is 0 Å². The Labute approximate surface area is 126 Å². The van der Waals surface area contributed by atoms with Gasteiger partial charge < -0.3 is 20.5 Å². The summed E-state index contributed by atoms with van der Waals surface area (Å²) in [5, 5.41) is 3.88. The number of hydrogen-bond donors (Lipinski definition) is 2. The summed E-state index contributed by atoms with van der Waals surface area (Å²) in [6.45, 7) is 3.00. The molecule has 0 radical (unpaired) electrons. The number of carbonyl (C=O) groups excluding carboxylic acids is 2. The van der Waals surface area contributed by atoms with E-state index in [-0.39, 0.29) is 18.5 Å². The first-order valence-electron chi connectivity index (χ1n) is 6.88. The summed E-state index contributed by atoms with van der Waals surface area (Å²) < 4.78 is 10.1. The smallest absolute Gasteiger partial charge is 0.315 e. The van der Waals surface area contributed by atoms with Gasteiger partial charge >= 0.3 is 5.97 Å². The molecule has 2 rings (SSSR count). The van der Waals surface area contributed by atoms with Crippen molar-refractivity contribution in [2.75, 3.05) is 31.7 Å². The van der Waals surface area contributed by atoms with E-state index in [1.807, 2.05) is 0 Å². The van der Waals surface area contributed by atoms with Crippen LogP contribution in [-0.4, -0.2) is 43.2 Å². The van der Waals surface area contributed by atoms with E-state index in [0.29, 0.717) is 19.8 Å². The first-order valence-corrected chi connectivity index (χ1v) is 7.69. The van der Waals surface area contributed by atoms with E-state index in [0.717, 1.165) is 28.5 Å². The maximum absolute atomic E-state index is 11.8. The van der Waals surface area contributed by atoms with Gasteiger partial charge in [-0.15, -0.1) is 11.3 Å². The first kappa shape index (κ1) is 15.7. The number of rotatable bonds is 8. The molecule has 1 heterocycles. The number of nitrogens with one attached hydrogen (secondary N) is 1. The zero-order chi connectivity index (χ0) is 15.2. The number of aromatic nitrogens is 1. The number of nitrogens with zero attached hydrogens (tertiary/aromatic N) is 1. The van der Waals surface area contributed by atoms with Gasteiger partial charge in [0.1, 0.15) is 12.5 Å². The Balaban J connectivity index is 1.84. The minimum Gasteiger partial charge on any atom is -0.465 e. The average Bonchev–Trinajstić information content (AvgIpc) is 2.97. The van der Waals surface area contributed by atoms with Gasteiger partial charge in [0.15, 0.2) is 5.13 Å². The number of fused-ring (bicyclic) bond motifs is 1. The minimum atomic E-state index is -0.486. The summed E-state index contributed by atoms with van der Waals surface area (Å²) in [5.41, 5.74) is 5.80. The van der Waals surface area contributed by atoms with Crippen LogP contribution in [0, 0.1) is 0 Å². The molecular formula is C13H19N3O4S. The quantitative estimate of drug-likeness (QED) is 0.539.